The van der Waals surface area contributed by atoms with Crippen LogP contribution in [0.25, 0.3) is 0 Å². The molecule has 2 aliphatic rings. The van der Waals surface area contributed by atoms with E-state index in [1.54, 1.807) is 6.07 Å². The number of aromatic hydroxyl groups is 1. The fraction of sp³-hybridized carbons (Fsp3) is 0.360. The van der Waals surface area contributed by atoms with E-state index in [1.165, 1.54) is 42.6 Å². The van der Waals surface area contributed by atoms with Gasteiger partial charge in [-0.1, -0.05) is 31.0 Å². The highest BCUT2D eigenvalue weighted by Gasteiger charge is 2.43. The molecule has 2 fully saturated rings. The van der Waals surface area contributed by atoms with Gasteiger partial charge in [-0.2, -0.15) is 0 Å². The van der Waals surface area contributed by atoms with Crippen LogP contribution in [0.1, 0.15) is 66.5 Å². The van der Waals surface area contributed by atoms with Gasteiger partial charge in [-0.3, -0.25) is 4.98 Å². The third-order valence-electron chi connectivity index (χ3n) is 6.77. The molecule has 0 amide bonds. The first-order chi connectivity index (χ1) is 15.1. The molecule has 1 aromatic carbocycles. The summed E-state index contributed by atoms with van der Waals surface area (Å²) in [5, 5.41) is 14.8. The monoisotopic (exact) mass is 432 g/mol. The third kappa shape index (κ3) is 3.39. The lowest BCUT2D eigenvalue weighted by Gasteiger charge is -2.29. The standard InChI is InChI=1S/C25H28N4OS/c1-16-15-19(17(2)28(16)18-9-3-4-10-18)24-23(20-11-7-8-14-26-20)27-25(31)29(24)21-12-5-6-13-22(21)30/h5-8,11-15,18,23-24,30H,3-4,9-10H2,1-2H3,(H,27,31)/t23-,24-/m0/s1. The first kappa shape index (κ1) is 20.1. The molecule has 0 spiro atoms. The maximum Gasteiger partial charge on any atom is 0.174 e. The molecule has 5 nitrogen and oxygen atoms in total. The van der Waals surface area contributed by atoms with E-state index in [-0.39, 0.29) is 17.8 Å². The second-order valence-electron chi connectivity index (χ2n) is 8.62. The number of phenols is 1. The first-order valence-electron chi connectivity index (χ1n) is 11.0. The van der Waals surface area contributed by atoms with E-state index in [2.05, 4.69) is 39.7 Å². The Balaban J connectivity index is 1.66. The molecule has 6 heteroatoms. The summed E-state index contributed by atoms with van der Waals surface area (Å²) in [7, 11) is 0. The van der Waals surface area contributed by atoms with Gasteiger partial charge in [-0.25, -0.2) is 0 Å². The van der Waals surface area contributed by atoms with Crippen LogP contribution < -0.4 is 10.2 Å². The van der Waals surface area contributed by atoms with E-state index in [9.17, 15) is 5.11 Å². The van der Waals surface area contributed by atoms with Crippen LogP contribution in [-0.4, -0.2) is 19.8 Å². The summed E-state index contributed by atoms with van der Waals surface area (Å²) in [6.45, 7) is 4.43. The quantitative estimate of drug-likeness (QED) is 0.533. The molecule has 2 aromatic heterocycles. The zero-order chi connectivity index (χ0) is 21.5. The van der Waals surface area contributed by atoms with Gasteiger partial charge in [0, 0.05) is 23.6 Å². The lowest BCUT2D eigenvalue weighted by molar-refractivity contribution is 0.472. The van der Waals surface area contributed by atoms with Gasteiger partial charge < -0.3 is 19.9 Å². The molecule has 0 radical (unpaired) electrons. The van der Waals surface area contributed by atoms with Gasteiger partial charge in [0.1, 0.15) is 5.75 Å². The fourth-order valence-electron chi connectivity index (χ4n) is 5.42. The normalized spacial score (nSPS) is 21.6. The van der Waals surface area contributed by atoms with Crippen LogP contribution in [0.5, 0.6) is 5.75 Å². The van der Waals surface area contributed by atoms with Gasteiger partial charge in [-0.15, -0.1) is 0 Å². The number of para-hydroxylation sites is 2. The van der Waals surface area contributed by atoms with Crippen LogP contribution in [0.4, 0.5) is 5.69 Å². The Kier molecular flexibility index (Phi) is 5.18. The second kappa shape index (κ2) is 8.00. The molecule has 1 saturated carbocycles. The van der Waals surface area contributed by atoms with E-state index < -0.39 is 0 Å². The Hall–Kier alpha value is -2.86. The lowest BCUT2D eigenvalue weighted by atomic mass is 9.96. The third-order valence-corrected chi connectivity index (χ3v) is 7.09. The maximum atomic E-state index is 10.7. The van der Waals surface area contributed by atoms with Crippen LogP contribution >= 0.6 is 12.2 Å². The van der Waals surface area contributed by atoms with Crippen LogP contribution in [0.3, 0.4) is 0 Å². The minimum Gasteiger partial charge on any atom is -0.506 e. The van der Waals surface area contributed by atoms with Crippen molar-refractivity contribution in [3.8, 4) is 5.75 Å². The predicted octanol–water partition coefficient (Wildman–Crippen LogP) is 5.50. The molecule has 5 rings (SSSR count). The largest absolute Gasteiger partial charge is 0.506 e. The van der Waals surface area contributed by atoms with Gasteiger partial charge in [0.2, 0.25) is 0 Å². The molecule has 1 aliphatic heterocycles. The molecule has 1 aliphatic carbocycles. The number of aromatic nitrogens is 2. The summed E-state index contributed by atoms with van der Waals surface area (Å²) < 4.78 is 2.52. The minimum atomic E-state index is -0.106. The fourth-order valence-corrected chi connectivity index (χ4v) is 5.76. The minimum absolute atomic E-state index is 0.1000. The average Bonchev–Trinajstić information content (AvgIpc) is 3.47. The molecule has 31 heavy (non-hydrogen) atoms. The zero-order valence-electron chi connectivity index (χ0n) is 18.0. The number of rotatable bonds is 4. The van der Waals surface area contributed by atoms with Gasteiger partial charge in [0.05, 0.1) is 23.5 Å². The van der Waals surface area contributed by atoms with Crippen molar-refractivity contribution < 1.29 is 5.11 Å². The molecule has 3 heterocycles. The molecule has 2 atom stereocenters. The summed E-state index contributed by atoms with van der Waals surface area (Å²) in [6, 6.07) is 16.1. The zero-order valence-corrected chi connectivity index (χ0v) is 18.8. The molecule has 2 N–H and O–H groups in total. The van der Waals surface area contributed by atoms with Crippen LogP contribution in [0.15, 0.2) is 54.7 Å². The highest BCUT2D eigenvalue weighted by atomic mass is 32.1. The number of nitrogens with zero attached hydrogens (tertiary/aromatic N) is 3. The SMILES string of the molecule is Cc1cc([C@H]2[C@H](c3ccccn3)NC(=S)N2c2ccccc2O)c(C)n1C1CCCC1. The van der Waals surface area contributed by atoms with Crippen molar-refractivity contribution in [1.82, 2.24) is 14.9 Å². The van der Waals surface area contributed by atoms with Gasteiger partial charge in [-0.05, 0) is 74.8 Å². The second-order valence-corrected chi connectivity index (χ2v) is 9.01. The number of anilines is 1. The van der Waals surface area contributed by atoms with E-state index in [4.69, 9.17) is 12.2 Å². The van der Waals surface area contributed by atoms with Crippen molar-refractivity contribution >= 4 is 23.0 Å². The van der Waals surface area contributed by atoms with E-state index in [0.717, 1.165) is 5.69 Å². The first-order valence-corrected chi connectivity index (χ1v) is 11.4. The van der Waals surface area contributed by atoms with Crippen molar-refractivity contribution in [2.45, 2.75) is 57.7 Å². The van der Waals surface area contributed by atoms with E-state index in [0.29, 0.717) is 16.8 Å². The molecular weight excluding hydrogens is 404 g/mol. The Labute approximate surface area is 188 Å². The summed E-state index contributed by atoms with van der Waals surface area (Å²) in [5.74, 6) is 0.225. The number of thiocarbonyl (C=S) groups is 1. The molecular formula is C25H28N4OS. The summed E-state index contributed by atoms with van der Waals surface area (Å²) in [5.41, 5.74) is 5.46. The summed E-state index contributed by atoms with van der Waals surface area (Å²) >= 11 is 5.80. The van der Waals surface area contributed by atoms with Gasteiger partial charge >= 0.3 is 0 Å². The molecule has 160 valence electrons. The highest BCUT2D eigenvalue weighted by molar-refractivity contribution is 7.80. The predicted molar refractivity (Wildman–Crippen MR) is 127 cm³/mol. The van der Waals surface area contributed by atoms with E-state index >= 15 is 0 Å². The number of benzene rings is 1. The van der Waals surface area contributed by atoms with Crippen LogP contribution in [0, 0.1) is 13.8 Å². The Morgan fingerprint density at radius 2 is 1.81 bits per heavy atom. The van der Waals surface area contributed by atoms with Crippen LogP contribution in [0.2, 0.25) is 0 Å². The summed E-state index contributed by atoms with van der Waals surface area (Å²) in [4.78, 5) is 6.70. The smallest absolute Gasteiger partial charge is 0.174 e. The molecule has 0 unspecified atom stereocenters. The number of phenolic OH excluding ortho intramolecular Hbond substituents is 1. The lowest BCUT2D eigenvalue weighted by Crippen LogP contribution is -2.29. The average molecular weight is 433 g/mol. The summed E-state index contributed by atoms with van der Waals surface area (Å²) in [6.07, 6.45) is 6.90. The van der Waals surface area contributed by atoms with Crippen molar-refractivity contribution in [3.63, 3.8) is 0 Å². The number of pyridine rings is 1. The van der Waals surface area contributed by atoms with Crippen molar-refractivity contribution in [2.75, 3.05) is 4.90 Å². The van der Waals surface area contributed by atoms with Crippen molar-refractivity contribution in [2.24, 2.45) is 0 Å². The Morgan fingerprint density at radius 3 is 2.52 bits per heavy atom. The van der Waals surface area contributed by atoms with Crippen LogP contribution in [-0.2, 0) is 0 Å². The highest BCUT2D eigenvalue weighted by Crippen LogP contribution is 2.46. The number of aryl methyl sites for hydroxylation is 1. The topological polar surface area (TPSA) is 53.3 Å². The number of hydrogen-bond donors (Lipinski definition) is 2. The Morgan fingerprint density at radius 1 is 1.06 bits per heavy atom. The molecule has 0 bridgehead atoms. The number of nitrogens with one attached hydrogen (secondary N) is 1. The maximum absolute atomic E-state index is 10.7. The van der Waals surface area contributed by atoms with Crippen molar-refractivity contribution in [1.29, 1.82) is 0 Å². The van der Waals surface area contributed by atoms with Gasteiger partial charge in [0.15, 0.2) is 5.11 Å². The van der Waals surface area contributed by atoms with Gasteiger partial charge in [0.25, 0.3) is 0 Å². The molecule has 3 aromatic rings. The van der Waals surface area contributed by atoms with Crippen molar-refractivity contribution in [3.05, 3.63) is 77.4 Å². The van der Waals surface area contributed by atoms with E-state index in [1.807, 2.05) is 42.6 Å². The molecule has 1 saturated heterocycles. The Bertz CT molecular complexity index is 1100. The number of hydrogen-bond acceptors (Lipinski definition) is 3.